The summed E-state index contributed by atoms with van der Waals surface area (Å²) in [5.74, 6) is 1.45. The van der Waals surface area contributed by atoms with Crippen LogP contribution in [0.15, 0.2) is 71.8 Å². The molecular weight excluding hydrogens is 406 g/mol. The third-order valence-corrected chi connectivity index (χ3v) is 4.72. The highest BCUT2D eigenvalue weighted by molar-refractivity contribution is 6.01. The number of carbonyl (C=O) groups excluding carboxylic acids is 1. The Hall–Kier alpha value is -4.31. The van der Waals surface area contributed by atoms with Gasteiger partial charge in [-0.15, -0.1) is 0 Å². The number of hydrogen-bond donors (Lipinski definition) is 1. The number of nitrogens with one attached hydrogen (secondary N) is 1. The second-order valence-electron chi connectivity index (χ2n) is 6.80. The average molecular weight is 429 g/mol. The molecule has 1 amide bonds. The predicted molar refractivity (Wildman–Crippen MR) is 122 cm³/mol. The van der Waals surface area contributed by atoms with Crippen molar-refractivity contribution in [3.63, 3.8) is 0 Å². The summed E-state index contributed by atoms with van der Waals surface area (Å²) in [6.45, 7) is 1.60. The molecule has 0 unspecified atom stereocenters. The maximum absolute atomic E-state index is 12.1. The van der Waals surface area contributed by atoms with E-state index in [9.17, 15) is 4.79 Å². The van der Waals surface area contributed by atoms with Crippen LogP contribution in [-0.4, -0.2) is 32.4 Å². The normalized spacial score (nSPS) is 10.8. The van der Waals surface area contributed by atoms with Crippen LogP contribution in [0.1, 0.15) is 18.1 Å². The van der Waals surface area contributed by atoms with Crippen molar-refractivity contribution in [3.05, 3.63) is 77.9 Å². The fraction of sp³-hybridized carbons (Fsp3) is 0.160. The molecule has 32 heavy (non-hydrogen) atoms. The first kappa shape index (κ1) is 22.4. The Morgan fingerprint density at radius 1 is 0.938 bits per heavy atom. The number of amides is 1. The number of rotatable bonds is 8. The molecule has 3 rings (SSSR count). The third-order valence-electron chi connectivity index (χ3n) is 4.72. The van der Waals surface area contributed by atoms with Gasteiger partial charge < -0.3 is 14.2 Å². The SMILES string of the molecule is COc1ccc(/C(C)=N/NC(=O)COc2ccc(-c3ccc(C#N)cc3)cc2)c(OC)c1. The zero-order valence-corrected chi connectivity index (χ0v) is 18.1. The molecule has 0 aliphatic rings. The molecule has 0 aromatic heterocycles. The van der Waals surface area contributed by atoms with Crippen molar-refractivity contribution in [1.82, 2.24) is 5.43 Å². The molecule has 0 aliphatic heterocycles. The van der Waals surface area contributed by atoms with Gasteiger partial charge in [0.05, 0.1) is 31.6 Å². The molecule has 0 saturated carbocycles. The van der Waals surface area contributed by atoms with Crippen molar-refractivity contribution in [2.45, 2.75) is 6.92 Å². The van der Waals surface area contributed by atoms with Gasteiger partial charge in [-0.05, 0) is 54.4 Å². The monoisotopic (exact) mass is 429 g/mol. The summed E-state index contributed by atoms with van der Waals surface area (Å²) in [4.78, 5) is 12.1. The van der Waals surface area contributed by atoms with E-state index in [1.54, 1.807) is 57.5 Å². The number of methoxy groups -OCH3 is 2. The molecule has 7 heteroatoms. The Kier molecular flexibility index (Phi) is 7.44. The van der Waals surface area contributed by atoms with Crippen molar-refractivity contribution in [2.75, 3.05) is 20.8 Å². The number of benzene rings is 3. The quantitative estimate of drug-likeness (QED) is 0.429. The van der Waals surface area contributed by atoms with Crippen LogP contribution >= 0.6 is 0 Å². The van der Waals surface area contributed by atoms with Crippen LogP contribution < -0.4 is 19.6 Å². The maximum Gasteiger partial charge on any atom is 0.277 e. The van der Waals surface area contributed by atoms with Crippen LogP contribution in [0.5, 0.6) is 17.2 Å². The Morgan fingerprint density at radius 3 is 2.16 bits per heavy atom. The Morgan fingerprint density at radius 2 is 1.56 bits per heavy atom. The van der Waals surface area contributed by atoms with Crippen molar-refractivity contribution < 1.29 is 19.0 Å². The number of ether oxygens (including phenoxy) is 3. The molecule has 7 nitrogen and oxygen atoms in total. The molecule has 0 radical (unpaired) electrons. The van der Waals surface area contributed by atoms with E-state index in [-0.39, 0.29) is 12.5 Å². The molecule has 0 atom stereocenters. The molecule has 3 aromatic rings. The minimum atomic E-state index is -0.381. The van der Waals surface area contributed by atoms with Gasteiger partial charge in [0.25, 0.3) is 5.91 Å². The summed E-state index contributed by atoms with van der Waals surface area (Å²) in [5.41, 5.74) is 6.41. The van der Waals surface area contributed by atoms with E-state index in [0.29, 0.717) is 28.5 Å². The third kappa shape index (κ3) is 5.64. The maximum atomic E-state index is 12.1. The van der Waals surface area contributed by atoms with Gasteiger partial charge in [-0.3, -0.25) is 4.79 Å². The van der Waals surface area contributed by atoms with E-state index in [0.717, 1.165) is 16.7 Å². The number of hydrazone groups is 1. The average Bonchev–Trinajstić information content (AvgIpc) is 2.85. The summed E-state index contributed by atoms with van der Waals surface area (Å²) in [6.07, 6.45) is 0. The van der Waals surface area contributed by atoms with Crippen LogP contribution in [0.2, 0.25) is 0 Å². The molecule has 0 saturated heterocycles. The zero-order valence-electron chi connectivity index (χ0n) is 18.1. The summed E-state index contributed by atoms with van der Waals surface area (Å²) in [6, 6.07) is 22.2. The predicted octanol–water partition coefficient (Wildman–Crippen LogP) is 4.16. The highest BCUT2D eigenvalue weighted by atomic mass is 16.5. The highest BCUT2D eigenvalue weighted by Crippen LogP contribution is 2.25. The van der Waals surface area contributed by atoms with E-state index in [1.165, 1.54) is 0 Å². The molecule has 0 spiro atoms. The van der Waals surface area contributed by atoms with Crippen molar-refractivity contribution >= 4 is 11.6 Å². The van der Waals surface area contributed by atoms with E-state index in [4.69, 9.17) is 19.5 Å². The highest BCUT2D eigenvalue weighted by Gasteiger charge is 2.09. The minimum absolute atomic E-state index is 0.174. The molecular formula is C25H23N3O4. The molecule has 3 aromatic carbocycles. The Bertz CT molecular complexity index is 1150. The number of hydrogen-bond acceptors (Lipinski definition) is 6. The smallest absolute Gasteiger partial charge is 0.277 e. The number of nitriles is 1. The van der Waals surface area contributed by atoms with Crippen LogP contribution in [0.3, 0.4) is 0 Å². The van der Waals surface area contributed by atoms with Gasteiger partial charge in [0.15, 0.2) is 6.61 Å². The van der Waals surface area contributed by atoms with Gasteiger partial charge >= 0.3 is 0 Å². The fourth-order valence-corrected chi connectivity index (χ4v) is 2.97. The lowest BCUT2D eigenvalue weighted by molar-refractivity contribution is -0.123. The van der Waals surface area contributed by atoms with E-state index in [1.807, 2.05) is 30.3 Å². The van der Waals surface area contributed by atoms with Crippen LogP contribution in [0, 0.1) is 11.3 Å². The lowest BCUT2D eigenvalue weighted by Gasteiger charge is -2.10. The Balaban J connectivity index is 1.56. The Labute approximate surface area is 186 Å². The lowest BCUT2D eigenvalue weighted by Crippen LogP contribution is -2.25. The first-order valence-electron chi connectivity index (χ1n) is 9.83. The summed E-state index contributed by atoms with van der Waals surface area (Å²) >= 11 is 0. The van der Waals surface area contributed by atoms with Gasteiger partial charge in [0.1, 0.15) is 17.2 Å². The summed E-state index contributed by atoms with van der Waals surface area (Å²) < 4.78 is 16.1. The minimum Gasteiger partial charge on any atom is -0.497 e. The summed E-state index contributed by atoms with van der Waals surface area (Å²) in [7, 11) is 3.14. The van der Waals surface area contributed by atoms with Gasteiger partial charge in [0.2, 0.25) is 0 Å². The molecule has 0 heterocycles. The topological polar surface area (TPSA) is 92.9 Å². The fourth-order valence-electron chi connectivity index (χ4n) is 2.97. The zero-order chi connectivity index (χ0) is 22.9. The van der Waals surface area contributed by atoms with Gasteiger partial charge in [0, 0.05) is 11.6 Å². The van der Waals surface area contributed by atoms with Crippen LogP contribution in [0.4, 0.5) is 0 Å². The molecule has 1 N–H and O–H groups in total. The number of nitrogens with zero attached hydrogens (tertiary/aromatic N) is 2. The van der Waals surface area contributed by atoms with E-state index in [2.05, 4.69) is 16.6 Å². The van der Waals surface area contributed by atoms with Crippen LogP contribution in [0.25, 0.3) is 11.1 Å². The largest absolute Gasteiger partial charge is 0.497 e. The van der Waals surface area contributed by atoms with Crippen molar-refractivity contribution in [2.24, 2.45) is 5.10 Å². The number of carbonyl (C=O) groups is 1. The standard InChI is InChI=1S/C25H23N3O4/c1-17(23-13-12-22(30-2)14-24(23)31-3)27-28-25(29)16-32-21-10-8-20(9-11-21)19-6-4-18(15-26)5-7-19/h4-14H,16H2,1-3H3,(H,28,29)/b27-17+. The molecule has 162 valence electrons. The van der Waals surface area contributed by atoms with E-state index < -0.39 is 0 Å². The second kappa shape index (κ2) is 10.6. The first-order chi connectivity index (χ1) is 15.5. The van der Waals surface area contributed by atoms with Crippen LogP contribution in [-0.2, 0) is 4.79 Å². The molecule has 0 bridgehead atoms. The second-order valence-corrected chi connectivity index (χ2v) is 6.80. The van der Waals surface area contributed by atoms with Gasteiger partial charge in [-0.1, -0.05) is 24.3 Å². The van der Waals surface area contributed by atoms with E-state index >= 15 is 0 Å². The first-order valence-corrected chi connectivity index (χ1v) is 9.83. The molecule has 0 aliphatic carbocycles. The summed E-state index contributed by atoms with van der Waals surface area (Å²) in [5, 5.41) is 13.0. The molecule has 0 fully saturated rings. The van der Waals surface area contributed by atoms with Crippen molar-refractivity contribution in [1.29, 1.82) is 5.26 Å². The van der Waals surface area contributed by atoms with Gasteiger partial charge in [-0.25, -0.2) is 5.43 Å². The lowest BCUT2D eigenvalue weighted by atomic mass is 10.0. The van der Waals surface area contributed by atoms with Crippen molar-refractivity contribution in [3.8, 4) is 34.4 Å². The van der Waals surface area contributed by atoms with Gasteiger partial charge in [-0.2, -0.15) is 10.4 Å².